The summed E-state index contributed by atoms with van der Waals surface area (Å²) in [4.78, 5) is 1.14. The van der Waals surface area contributed by atoms with Crippen LogP contribution >= 0.6 is 0 Å². The molecule has 1 unspecified atom stereocenters. The van der Waals surface area contributed by atoms with E-state index in [0.717, 1.165) is 29.4 Å². The topological polar surface area (TPSA) is 89.6 Å². The molecule has 2 rings (SSSR count). The van der Waals surface area contributed by atoms with Gasteiger partial charge in [-0.3, -0.25) is 0 Å². The first-order valence-electron chi connectivity index (χ1n) is 9.93. The molecule has 3 N–H and O–H groups in total. The Morgan fingerprint density at radius 1 is 0.893 bits per heavy atom. The molecular weight excluding hydrogens is 362 g/mol. The largest absolute Gasteiger partial charge is 0.467 e. The Hall–Kier alpha value is -1.64. The smallest absolute Gasteiger partial charge is 0.129 e. The van der Waals surface area contributed by atoms with Gasteiger partial charge in [0.2, 0.25) is 0 Å². The molecule has 7 heteroatoms. The third kappa shape index (κ3) is 9.52. The predicted octanol–water partition coefficient (Wildman–Crippen LogP) is 1.26. The molecule has 0 aliphatic heterocycles. The maximum Gasteiger partial charge on any atom is 0.129 e. The summed E-state index contributed by atoms with van der Waals surface area (Å²) in [6.07, 6.45) is 3.02. The average molecular weight is 397 g/mol. The molecule has 28 heavy (non-hydrogen) atoms. The third-order valence-electron chi connectivity index (χ3n) is 4.39. The fourth-order valence-corrected chi connectivity index (χ4v) is 2.95. The Bertz CT molecular complexity index is 550. The van der Waals surface area contributed by atoms with Gasteiger partial charge in [-0.2, -0.15) is 0 Å². The number of furan rings is 2. The molecule has 0 bridgehead atoms. The van der Waals surface area contributed by atoms with E-state index in [9.17, 15) is 10.2 Å². The molecule has 0 aromatic carbocycles. The molecule has 0 fully saturated rings. The highest BCUT2D eigenvalue weighted by Gasteiger charge is 2.20. The Morgan fingerprint density at radius 2 is 1.39 bits per heavy atom. The van der Waals surface area contributed by atoms with Crippen LogP contribution in [0.4, 0.5) is 0 Å². The van der Waals surface area contributed by atoms with Crippen molar-refractivity contribution >= 4 is 0 Å². The van der Waals surface area contributed by atoms with Gasteiger partial charge in [0.05, 0.1) is 32.3 Å². The molecule has 0 spiro atoms. The molecule has 0 saturated heterocycles. The zero-order chi connectivity index (χ0) is 20.2. The quantitative estimate of drug-likeness (QED) is 0.420. The molecule has 0 aliphatic rings. The monoisotopic (exact) mass is 396 g/mol. The van der Waals surface area contributed by atoms with Crippen LogP contribution in [0, 0.1) is 5.92 Å². The molecule has 2 aromatic heterocycles. The SMILES string of the molecule is CC(C)CC[NH+](C[C@H](O)COCc1ccco1)C[C@@H](O)COCc1ccco1. The van der Waals surface area contributed by atoms with Gasteiger partial charge in [0.1, 0.15) is 50.0 Å². The van der Waals surface area contributed by atoms with Crippen molar-refractivity contribution in [2.75, 3.05) is 32.8 Å². The van der Waals surface area contributed by atoms with Crippen LogP contribution in [-0.2, 0) is 22.7 Å². The highest BCUT2D eigenvalue weighted by molar-refractivity contribution is 4.96. The summed E-state index contributed by atoms with van der Waals surface area (Å²) in [6, 6.07) is 7.29. The molecule has 2 aromatic rings. The highest BCUT2D eigenvalue weighted by atomic mass is 16.5. The molecule has 3 atom stereocenters. The minimum atomic E-state index is -0.603. The summed E-state index contributed by atoms with van der Waals surface area (Å²) in [6.45, 7) is 7.40. The van der Waals surface area contributed by atoms with Crippen LogP contribution in [0.3, 0.4) is 0 Å². The van der Waals surface area contributed by atoms with Crippen molar-refractivity contribution < 1.29 is 33.4 Å². The third-order valence-corrected chi connectivity index (χ3v) is 4.39. The van der Waals surface area contributed by atoms with Crippen LogP contribution in [-0.4, -0.2) is 55.3 Å². The van der Waals surface area contributed by atoms with Crippen molar-refractivity contribution in [2.24, 2.45) is 5.92 Å². The summed E-state index contributed by atoms with van der Waals surface area (Å²) in [5, 5.41) is 20.7. The number of aliphatic hydroxyl groups excluding tert-OH is 2. The summed E-state index contributed by atoms with van der Waals surface area (Å²) < 4.78 is 21.5. The molecule has 2 heterocycles. The van der Waals surface area contributed by atoms with Crippen LogP contribution in [0.25, 0.3) is 0 Å². The normalized spacial score (nSPS) is 15.0. The van der Waals surface area contributed by atoms with E-state index in [0.29, 0.717) is 32.2 Å². The second kappa shape index (κ2) is 12.7. The van der Waals surface area contributed by atoms with Crippen LogP contribution < -0.4 is 4.90 Å². The van der Waals surface area contributed by atoms with Gasteiger partial charge in [-0.15, -0.1) is 0 Å². The lowest BCUT2D eigenvalue weighted by Gasteiger charge is -2.25. The first-order valence-corrected chi connectivity index (χ1v) is 9.93. The number of nitrogens with one attached hydrogen (secondary N) is 1. The van der Waals surface area contributed by atoms with E-state index in [2.05, 4.69) is 13.8 Å². The minimum absolute atomic E-state index is 0.233. The Balaban J connectivity index is 1.70. The number of hydrogen-bond acceptors (Lipinski definition) is 6. The molecule has 0 amide bonds. The van der Waals surface area contributed by atoms with Crippen LogP contribution in [0.5, 0.6) is 0 Å². The van der Waals surface area contributed by atoms with E-state index in [1.54, 1.807) is 12.5 Å². The van der Waals surface area contributed by atoms with Crippen molar-refractivity contribution in [3.63, 3.8) is 0 Å². The van der Waals surface area contributed by atoms with Gasteiger partial charge >= 0.3 is 0 Å². The molecule has 0 radical (unpaired) electrons. The summed E-state index contributed by atoms with van der Waals surface area (Å²) in [5.74, 6) is 2.04. The van der Waals surface area contributed by atoms with E-state index in [-0.39, 0.29) is 13.2 Å². The number of ether oxygens (including phenoxy) is 2. The van der Waals surface area contributed by atoms with Crippen molar-refractivity contribution in [3.8, 4) is 0 Å². The lowest BCUT2D eigenvalue weighted by Crippen LogP contribution is -3.14. The fraction of sp³-hybridized carbons (Fsp3) is 0.619. The standard InChI is InChI=1S/C21H33NO6/c1-17(2)7-8-22(11-18(23)13-25-15-20-5-3-9-27-20)12-19(24)14-26-16-21-6-4-10-28-21/h3-6,9-10,17-19,23-24H,7-8,11-16H2,1-2H3/p+1/t18-,19+. The van der Waals surface area contributed by atoms with E-state index >= 15 is 0 Å². The fourth-order valence-electron chi connectivity index (χ4n) is 2.95. The van der Waals surface area contributed by atoms with Gasteiger partial charge in [0.15, 0.2) is 0 Å². The summed E-state index contributed by atoms with van der Waals surface area (Å²) in [5.41, 5.74) is 0. The molecule has 158 valence electrons. The van der Waals surface area contributed by atoms with Crippen molar-refractivity contribution in [2.45, 2.75) is 45.7 Å². The van der Waals surface area contributed by atoms with E-state index in [1.165, 1.54) is 0 Å². The molecule has 7 nitrogen and oxygen atoms in total. The molecular formula is C21H34NO6+. The average Bonchev–Trinajstić information content (AvgIpc) is 3.33. The summed E-state index contributed by atoms with van der Waals surface area (Å²) >= 11 is 0. The summed E-state index contributed by atoms with van der Waals surface area (Å²) in [7, 11) is 0. The number of quaternary nitrogens is 1. The van der Waals surface area contributed by atoms with Gasteiger partial charge in [-0.25, -0.2) is 0 Å². The van der Waals surface area contributed by atoms with Gasteiger partial charge in [-0.1, -0.05) is 13.8 Å². The van der Waals surface area contributed by atoms with Crippen LogP contribution in [0.2, 0.25) is 0 Å². The lowest BCUT2D eigenvalue weighted by atomic mass is 10.1. The van der Waals surface area contributed by atoms with Gasteiger partial charge < -0.3 is 33.4 Å². The predicted molar refractivity (Wildman–Crippen MR) is 104 cm³/mol. The second-order valence-electron chi connectivity index (χ2n) is 7.59. The first kappa shape index (κ1) is 22.6. The number of hydrogen-bond donors (Lipinski definition) is 3. The zero-order valence-corrected chi connectivity index (χ0v) is 16.9. The maximum absolute atomic E-state index is 10.3. The Morgan fingerprint density at radius 3 is 1.79 bits per heavy atom. The van der Waals surface area contributed by atoms with E-state index in [1.807, 2.05) is 24.3 Å². The number of rotatable bonds is 15. The minimum Gasteiger partial charge on any atom is -0.467 e. The highest BCUT2D eigenvalue weighted by Crippen LogP contribution is 2.03. The van der Waals surface area contributed by atoms with Crippen LogP contribution in [0.15, 0.2) is 45.6 Å². The second-order valence-corrected chi connectivity index (χ2v) is 7.59. The molecule has 0 saturated carbocycles. The van der Waals surface area contributed by atoms with Crippen molar-refractivity contribution in [1.29, 1.82) is 0 Å². The lowest BCUT2D eigenvalue weighted by molar-refractivity contribution is -0.907. The zero-order valence-electron chi connectivity index (χ0n) is 16.9. The Kier molecular flexibility index (Phi) is 10.3. The van der Waals surface area contributed by atoms with Gasteiger partial charge in [0.25, 0.3) is 0 Å². The van der Waals surface area contributed by atoms with E-state index < -0.39 is 12.2 Å². The number of aliphatic hydroxyl groups is 2. The van der Waals surface area contributed by atoms with Gasteiger partial charge in [-0.05, 0) is 36.6 Å². The Labute approximate surface area is 166 Å². The molecule has 0 aliphatic carbocycles. The van der Waals surface area contributed by atoms with Crippen LogP contribution in [0.1, 0.15) is 31.8 Å². The maximum atomic E-state index is 10.3. The van der Waals surface area contributed by atoms with Crippen molar-refractivity contribution in [1.82, 2.24) is 0 Å². The van der Waals surface area contributed by atoms with E-state index in [4.69, 9.17) is 18.3 Å². The van der Waals surface area contributed by atoms with Gasteiger partial charge in [0, 0.05) is 0 Å². The van der Waals surface area contributed by atoms with Crippen molar-refractivity contribution in [3.05, 3.63) is 48.3 Å². The first-order chi connectivity index (χ1) is 13.5.